The molecule has 5 heteroatoms. The minimum Gasteiger partial charge on any atom is -0.377 e. The fourth-order valence-corrected chi connectivity index (χ4v) is 5.45. The normalized spacial score (nSPS) is 18.0. The Morgan fingerprint density at radius 2 is 1.88 bits per heavy atom. The van der Waals surface area contributed by atoms with Gasteiger partial charge in [-0.1, -0.05) is 47.6 Å². The van der Waals surface area contributed by atoms with Crippen LogP contribution in [0.25, 0.3) is 16.5 Å². The molecule has 34 heavy (non-hydrogen) atoms. The number of fused-ring (bicyclic) bond motifs is 1. The molecule has 0 atom stereocenters. The van der Waals surface area contributed by atoms with Gasteiger partial charge in [-0.2, -0.15) is 0 Å². The molecule has 2 aliphatic rings. The Labute approximate surface area is 203 Å². The van der Waals surface area contributed by atoms with Crippen molar-refractivity contribution in [3.63, 3.8) is 0 Å². The summed E-state index contributed by atoms with van der Waals surface area (Å²) in [5.41, 5.74) is 7.41. The Hall–Kier alpha value is -2.47. The standard InChI is InChI=1S/C29H37N3O2/c1-31(2)21-27-25(24-14-18-33-19-15-24)9-10-26-28(30-34-29(26)27)11-8-22-12-16-32(17-13-22)20-23-6-4-3-5-7-23/h3-7,9-10,14,22H,8,11-13,15-21H2,1-2H3. The van der Waals surface area contributed by atoms with Crippen LogP contribution in [-0.4, -0.2) is 55.4 Å². The molecule has 0 spiro atoms. The van der Waals surface area contributed by atoms with Crippen LogP contribution >= 0.6 is 0 Å². The third kappa shape index (κ3) is 5.43. The SMILES string of the molecule is CN(C)Cc1c(C2=CCOCC2)ccc2c(CCC3CCN(Cc4ccccc4)CC3)noc12. The second-order valence-electron chi connectivity index (χ2n) is 10.1. The van der Waals surface area contributed by atoms with E-state index in [1.165, 1.54) is 60.0 Å². The zero-order valence-corrected chi connectivity index (χ0v) is 20.6. The lowest BCUT2D eigenvalue weighted by Gasteiger charge is -2.32. The Bertz CT molecular complexity index is 1110. The highest BCUT2D eigenvalue weighted by atomic mass is 16.5. The highest BCUT2D eigenvalue weighted by molar-refractivity contribution is 5.88. The molecule has 0 radical (unpaired) electrons. The molecule has 2 aromatic carbocycles. The van der Waals surface area contributed by atoms with Crippen molar-refractivity contribution >= 4 is 16.5 Å². The van der Waals surface area contributed by atoms with Gasteiger partial charge in [-0.25, -0.2) is 0 Å². The smallest absolute Gasteiger partial charge is 0.172 e. The van der Waals surface area contributed by atoms with E-state index in [1.807, 2.05) is 0 Å². The van der Waals surface area contributed by atoms with Crippen LogP contribution in [0.3, 0.4) is 0 Å². The van der Waals surface area contributed by atoms with Gasteiger partial charge in [-0.3, -0.25) is 4.90 Å². The van der Waals surface area contributed by atoms with Crippen molar-refractivity contribution < 1.29 is 9.26 Å². The molecule has 1 aromatic heterocycles. The highest BCUT2D eigenvalue weighted by Gasteiger charge is 2.22. The molecule has 0 bridgehead atoms. The number of benzene rings is 2. The summed E-state index contributed by atoms with van der Waals surface area (Å²) in [4.78, 5) is 4.81. The molecule has 0 N–H and O–H groups in total. The molecular formula is C29H37N3O2. The van der Waals surface area contributed by atoms with E-state index in [1.54, 1.807) is 0 Å². The van der Waals surface area contributed by atoms with Gasteiger partial charge in [0.2, 0.25) is 0 Å². The molecule has 180 valence electrons. The Morgan fingerprint density at radius 3 is 2.62 bits per heavy atom. The Kier molecular flexibility index (Phi) is 7.43. The maximum atomic E-state index is 5.99. The van der Waals surface area contributed by atoms with Crippen molar-refractivity contribution in [2.24, 2.45) is 5.92 Å². The molecular weight excluding hydrogens is 422 g/mol. The lowest BCUT2D eigenvalue weighted by Crippen LogP contribution is -2.33. The zero-order valence-electron chi connectivity index (χ0n) is 20.6. The summed E-state index contributed by atoms with van der Waals surface area (Å²) in [6, 6.07) is 15.3. The summed E-state index contributed by atoms with van der Waals surface area (Å²) >= 11 is 0. The molecule has 3 aromatic rings. The number of likely N-dealkylation sites (tertiary alicyclic amines) is 1. The first-order valence-corrected chi connectivity index (χ1v) is 12.8. The molecule has 0 amide bonds. The molecule has 2 aliphatic heterocycles. The number of nitrogens with zero attached hydrogens (tertiary/aromatic N) is 3. The number of piperidine rings is 1. The zero-order chi connectivity index (χ0) is 23.3. The second kappa shape index (κ2) is 10.9. The van der Waals surface area contributed by atoms with Crippen molar-refractivity contribution in [2.45, 2.75) is 45.2 Å². The van der Waals surface area contributed by atoms with Gasteiger partial charge in [0, 0.05) is 24.0 Å². The van der Waals surface area contributed by atoms with Gasteiger partial charge in [-0.05, 0) is 88.0 Å². The van der Waals surface area contributed by atoms with Gasteiger partial charge < -0.3 is 14.2 Å². The fraction of sp³-hybridized carbons (Fsp3) is 0.483. The predicted molar refractivity (Wildman–Crippen MR) is 138 cm³/mol. The summed E-state index contributed by atoms with van der Waals surface area (Å²) in [7, 11) is 4.23. The summed E-state index contributed by atoms with van der Waals surface area (Å²) in [5, 5.41) is 5.75. The van der Waals surface area contributed by atoms with Crippen LogP contribution in [-0.2, 0) is 24.2 Å². The number of ether oxygens (including phenoxy) is 1. The van der Waals surface area contributed by atoms with Gasteiger partial charge >= 0.3 is 0 Å². The first-order chi connectivity index (χ1) is 16.7. The molecule has 3 heterocycles. The molecule has 0 unspecified atom stereocenters. The lowest BCUT2D eigenvalue weighted by molar-refractivity contribution is 0.161. The number of aryl methyl sites for hydroxylation is 1. The minimum absolute atomic E-state index is 0.695. The minimum atomic E-state index is 0.695. The van der Waals surface area contributed by atoms with E-state index in [0.717, 1.165) is 49.7 Å². The fourth-order valence-electron chi connectivity index (χ4n) is 5.45. The molecule has 5 nitrogen and oxygen atoms in total. The average Bonchev–Trinajstić information content (AvgIpc) is 3.28. The van der Waals surface area contributed by atoms with Crippen molar-refractivity contribution in [3.8, 4) is 0 Å². The first kappa shape index (κ1) is 23.3. The lowest BCUT2D eigenvalue weighted by atomic mass is 9.90. The van der Waals surface area contributed by atoms with E-state index in [2.05, 4.69) is 77.6 Å². The van der Waals surface area contributed by atoms with E-state index in [0.29, 0.717) is 6.61 Å². The van der Waals surface area contributed by atoms with E-state index in [-0.39, 0.29) is 0 Å². The van der Waals surface area contributed by atoms with Crippen LogP contribution in [0.2, 0.25) is 0 Å². The number of aromatic nitrogens is 1. The van der Waals surface area contributed by atoms with E-state index in [9.17, 15) is 0 Å². The number of rotatable bonds is 8. The van der Waals surface area contributed by atoms with Gasteiger partial charge in [0.15, 0.2) is 5.58 Å². The van der Waals surface area contributed by atoms with Crippen LogP contribution in [0.1, 0.15) is 48.1 Å². The number of hydrogen-bond donors (Lipinski definition) is 0. The van der Waals surface area contributed by atoms with E-state index in [4.69, 9.17) is 9.26 Å². The van der Waals surface area contributed by atoms with Gasteiger partial charge in [0.25, 0.3) is 0 Å². The maximum absolute atomic E-state index is 5.99. The molecule has 5 rings (SSSR count). The molecule has 1 fully saturated rings. The van der Waals surface area contributed by atoms with Crippen molar-refractivity contribution in [1.82, 2.24) is 15.0 Å². The quantitative estimate of drug-likeness (QED) is 0.443. The Morgan fingerprint density at radius 1 is 1.06 bits per heavy atom. The largest absolute Gasteiger partial charge is 0.377 e. The highest BCUT2D eigenvalue weighted by Crippen LogP contribution is 2.33. The second-order valence-corrected chi connectivity index (χ2v) is 10.1. The number of hydrogen-bond acceptors (Lipinski definition) is 5. The summed E-state index contributed by atoms with van der Waals surface area (Å²) in [5.74, 6) is 0.770. The summed E-state index contributed by atoms with van der Waals surface area (Å²) in [6.07, 6.45) is 7.90. The molecule has 0 saturated carbocycles. The van der Waals surface area contributed by atoms with E-state index < -0.39 is 0 Å². The van der Waals surface area contributed by atoms with Crippen LogP contribution in [0.4, 0.5) is 0 Å². The summed E-state index contributed by atoms with van der Waals surface area (Å²) in [6.45, 7) is 5.78. The Balaban J connectivity index is 1.24. The third-order valence-corrected chi connectivity index (χ3v) is 7.35. The van der Waals surface area contributed by atoms with Crippen molar-refractivity contribution in [3.05, 3.63) is 70.9 Å². The van der Waals surface area contributed by atoms with Crippen LogP contribution in [0, 0.1) is 5.92 Å². The van der Waals surface area contributed by atoms with Gasteiger partial charge in [0.1, 0.15) is 0 Å². The van der Waals surface area contributed by atoms with E-state index >= 15 is 0 Å². The monoisotopic (exact) mass is 459 g/mol. The summed E-state index contributed by atoms with van der Waals surface area (Å²) < 4.78 is 11.5. The maximum Gasteiger partial charge on any atom is 0.172 e. The third-order valence-electron chi connectivity index (χ3n) is 7.35. The average molecular weight is 460 g/mol. The topological polar surface area (TPSA) is 41.7 Å². The van der Waals surface area contributed by atoms with Crippen LogP contribution < -0.4 is 0 Å². The van der Waals surface area contributed by atoms with Crippen LogP contribution in [0.5, 0.6) is 0 Å². The van der Waals surface area contributed by atoms with Gasteiger partial charge in [-0.15, -0.1) is 0 Å². The van der Waals surface area contributed by atoms with Crippen molar-refractivity contribution in [2.75, 3.05) is 40.4 Å². The predicted octanol–water partition coefficient (Wildman–Crippen LogP) is 5.54. The molecule has 1 saturated heterocycles. The van der Waals surface area contributed by atoms with Crippen molar-refractivity contribution in [1.29, 1.82) is 0 Å². The van der Waals surface area contributed by atoms with Gasteiger partial charge in [0.05, 0.1) is 18.9 Å². The molecule has 0 aliphatic carbocycles. The first-order valence-electron chi connectivity index (χ1n) is 12.8. The van der Waals surface area contributed by atoms with Crippen LogP contribution in [0.15, 0.2) is 53.1 Å².